The summed E-state index contributed by atoms with van der Waals surface area (Å²) in [4.78, 5) is 16.2. The van der Waals surface area contributed by atoms with Gasteiger partial charge in [-0.25, -0.2) is 4.98 Å². The first-order valence-electron chi connectivity index (χ1n) is 5.70. The van der Waals surface area contributed by atoms with E-state index in [1.807, 2.05) is 6.07 Å². The Bertz CT molecular complexity index is 454. The second-order valence-corrected chi connectivity index (χ2v) is 6.54. The van der Waals surface area contributed by atoms with Crippen LogP contribution in [0.1, 0.15) is 38.2 Å². The fourth-order valence-electron chi connectivity index (χ4n) is 2.31. The van der Waals surface area contributed by atoms with Crippen LogP contribution in [-0.2, 0) is 0 Å². The minimum atomic E-state index is -0.110. The van der Waals surface area contributed by atoms with Crippen molar-refractivity contribution in [2.24, 2.45) is 10.8 Å². The number of carbonyl (C=O) groups excluding carboxylic acids is 1. The summed E-state index contributed by atoms with van der Waals surface area (Å²) >= 11 is 3.34. The molecule has 1 aromatic rings. The lowest BCUT2D eigenvalue weighted by Gasteiger charge is -2.07. The van der Waals surface area contributed by atoms with Gasteiger partial charge in [0, 0.05) is 16.7 Å². The van der Waals surface area contributed by atoms with E-state index >= 15 is 0 Å². The van der Waals surface area contributed by atoms with Crippen molar-refractivity contribution < 1.29 is 4.79 Å². The molecule has 17 heavy (non-hydrogen) atoms. The molecule has 1 aliphatic rings. The molecule has 0 saturated heterocycles. The first kappa shape index (κ1) is 12.6. The van der Waals surface area contributed by atoms with E-state index in [1.54, 1.807) is 12.3 Å². The highest BCUT2D eigenvalue weighted by molar-refractivity contribution is 9.10. The molecule has 1 heterocycles. The van der Waals surface area contributed by atoms with Gasteiger partial charge in [0.25, 0.3) is 5.91 Å². The quantitative estimate of drug-likeness (QED) is 0.911. The molecule has 1 saturated carbocycles. The molecule has 1 fully saturated rings. The summed E-state index contributed by atoms with van der Waals surface area (Å²) in [5, 5.41) is 3.06. The third-order valence-corrected chi connectivity index (χ3v) is 4.91. The monoisotopic (exact) mass is 296 g/mol. The Morgan fingerprint density at radius 1 is 1.35 bits per heavy atom. The number of hydrogen-bond acceptors (Lipinski definition) is 2. The van der Waals surface area contributed by atoms with Crippen LogP contribution in [0.3, 0.4) is 0 Å². The second kappa shape index (κ2) is 3.80. The molecule has 0 bridgehead atoms. The summed E-state index contributed by atoms with van der Waals surface area (Å²) < 4.78 is 0.730. The standard InChI is InChI=1S/C13H17BrN2O/c1-12(2)11(13(12,3)4)16-10(17)9-8(14)6-5-7-15-9/h5-7,11H,1-4H3,(H,16,17). The van der Waals surface area contributed by atoms with Crippen LogP contribution in [0, 0.1) is 10.8 Å². The lowest BCUT2D eigenvalue weighted by Crippen LogP contribution is -2.30. The van der Waals surface area contributed by atoms with Gasteiger partial charge < -0.3 is 5.32 Å². The minimum absolute atomic E-state index is 0.110. The van der Waals surface area contributed by atoms with E-state index < -0.39 is 0 Å². The Kier molecular flexibility index (Phi) is 2.81. The predicted octanol–water partition coefficient (Wildman–Crippen LogP) is 3.01. The molecule has 3 nitrogen and oxygen atoms in total. The van der Waals surface area contributed by atoms with Crippen LogP contribution in [0.25, 0.3) is 0 Å². The Labute approximate surface area is 110 Å². The molecule has 92 valence electrons. The first-order chi connectivity index (χ1) is 7.78. The highest BCUT2D eigenvalue weighted by Crippen LogP contribution is 2.62. The molecule has 1 aromatic heterocycles. The SMILES string of the molecule is CC1(C)C(NC(=O)c2ncccc2Br)C1(C)C. The Morgan fingerprint density at radius 3 is 2.41 bits per heavy atom. The van der Waals surface area contributed by atoms with Crippen molar-refractivity contribution in [3.8, 4) is 0 Å². The van der Waals surface area contributed by atoms with Gasteiger partial charge in [-0.3, -0.25) is 4.79 Å². The fraction of sp³-hybridized carbons (Fsp3) is 0.538. The Balaban J connectivity index is 2.13. The van der Waals surface area contributed by atoms with Crippen molar-refractivity contribution in [2.75, 3.05) is 0 Å². The maximum Gasteiger partial charge on any atom is 0.271 e. The topological polar surface area (TPSA) is 42.0 Å². The zero-order chi connectivity index (χ0) is 12.8. The number of aromatic nitrogens is 1. The molecule has 0 radical (unpaired) electrons. The van der Waals surface area contributed by atoms with Crippen LogP contribution in [0.4, 0.5) is 0 Å². The van der Waals surface area contributed by atoms with E-state index in [0.29, 0.717) is 5.69 Å². The van der Waals surface area contributed by atoms with E-state index in [0.717, 1.165) is 4.47 Å². The van der Waals surface area contributed by atoms with Crippen molar-refractivity contribution in [2.45, 2.75) is 33.7 Å². The predicted molar refractivity (Wildman–Crippen MR) is 70.8 cm³/mol. The Morgan fingerprint density at radius 2 is 1.94 bits per heavy atom. The molecular formula is C13H17BrN2O. The van der Waals surface area contributed by atoms with Gasteiger partial charge in [-0.05, 0) is 38.9 Å². The number of nitrogens with one attached hydrogen (secondary N) is 1. The molecule has 0 aliphatic heterocycles. The molecule has 4 heteroatoms. The van der Waals surface area contributed by atoms with Crippen LogP contribution < -0.4 is 5.32 Å². The van der Waals surface area contributed by atoms with Gasteiger partial charge in [0.2, 0.25) is 0 Å². The molecule has 0 spiro atoms. The van der Waals surface area contributed by atoms with Crippen molar-refractivity contribution in [1.29, 1.82) is 0 Å². The normalized spacial score (nSPS) is 21.0. The van der Waals surface area contributed by atoms with Gasteiger partial charge >= 0.3 is 0 Å². The minimum Gasteiger partial charge on any atom is -0.347 e. The number of pyridine rings is 1. The number of carbonyl (C=O) groups is 1. The van der Waals surface area contributed by atoms with E-state index in [2.05, 4.69) is 53.9 Å². The third-order valence-electron chi connectivity index (χ3n) is 4.27. The third kappa shape index (κ3) is 1.88. The summed E-state index contributed by atoms with van der Waals surface area (Å²) in [6.07, 6.45) is 1.63. The molecular weight excluding hydrogens is 280 g/mol. The van der Waals surface area contributed by atoms with Crippen molar-refractivity contribution in [1.82, 2.24) is 10.3 Å². The lowest BCUT2D eigenvalue weighted by atomic mass is 10.0. The average Bonchev–Trinajstić information content (AvgIpc) is 2.61. The molecule has 1 amide bonds. The van der Waals surface area contributed by atoms with Gasteiger partial charge in [-0.1, -0.05) is 27.7 Å². The second-order valence-electron chi connectivity index (χ2n) is 5.68. The van der Waals surface area contributed by atoms with Gasteiger partial charge in [0.05, 0.1) is 0 Å². The number of rotatable bonds is 2. The van der Waals surface area contributed by atoms with Crippen molar-refractivity contribution >= 4 is 21.8 Å². The van der Waals surface area contributed by atoms with Crippen LogP contribution in [0.2, 0.25) is 0 Å². The van der Waals surface area contributed by atoms with Gasteiger partial charge in [0.1, 0.15) is 5.69 Å². The highest BCUT2D eigenvalue weighted by atomic mass is 79.9. The molecule has 2 rings (SSSR count). The largest absolute Gasteiger partial charge is 0.347 e. The van der Waals surface area contributed by atoms with Crippen molar-refractivity contribution in [3.05, 3.63) is 28.5 Å². The molecule has 0 aromatic carbocycles. The molecule has 1 aliphatic carbocycles. The molecule has 0 unspecified atom stereocenters. The van der Waals surface area contributed by atoms with Crippen LogP contribution in [0.5, 0.6) is 0 Å². The van der Waals surface area contributed by atoms with E-state index in [9.17, 15) is 4.79 Å². The smallest absolute Gasteiger partial charge is 0.271 e. The number of nitrogens with zero attached hydrogens (tertiary/aromatic N) is 1. The average molecular weight is 297 g/mol. The highest BCUT2D eigenvalue weighted by Gasteiger charge is 2.65. The van der Waals surface area contributed by atoms with Crippen LogP contribution in [-0.4, -0.2) is 16.9 Å². The number of amides is 1. The van der Waals surface area contributed by atoms with Gasteiger partial charge in [0.15, 0.2) is 0 Å². The van der Waals surface area contributed by atoms with E-state index in [1.165, 1.54) is 0 Å². The summed E-state index contributed by atoms with van der Waals surface area (Å²) in [5.74, 6) is -0.110. The lowest BCUT2D eigenvalue weighted by molar-refractivity contribution is 0.0938. The van der Waals surface area contributed by atoms with Crippen LogP contribution in [0.15, 0.2) is 22.8 Å². The summed E-state index contributed by atoms with van der Waals surface area (Å²) in [6, 6.07) is 3.83. The number of hydrogen-bond donors (Lipinski definition) is 1. The zero-order valence-corrected chi connectivity index (χ0v) is 12.1. The van der Waals surface area contributed by atoms with Gasteiger partial charge in [-0.15, -0.1) is 0 Å². The van der Waals surface area contributed by atoms with Gasteiger partial charge in [-0.2, -0.15) is 0 Å². The number of halogens is 1. The molecule has 1 N–H and O–H groups in total. The fourth-order valence-corrected chi connectivity index (χ4v) is 2.74. The maximum atomic E-state index is 12.1. The first-order valence-corrected chi connectivity index (χ1v) is 6.49. The zero-order valence-electron chi connectivity index (χ0n) is 10.5. The van der Waals surface area contributed by atoms with Crippen molar-refractivity contribution in [3.63, 3.8) is 0 Å². The summed E-state index contributed by atoms with van der Waals surface area (Å²) in [5.41, 5.74) is 0.736. The molecule has 0 atom stereocenters. The summed E-state index contributed by atoms with van der Waals surface area (Å²) in [7, 11) is 0. The maximum absolute atomic E-state index is 12.1. The van der Waals surface area contributed by atoms with E-state index in [-0.39, 0.29) is 22.8 Å². The summed E-state index contributed by atoms with van der Waals surface area (Å²) in [6.45, 7) is 8.69. The van der Waals surface area contributed by atoms with Crippen LogP contribution >= 0.6 is 15.9 Å². The van der Waals surface area contributed by atoms with E-state index in [4.69, 9.17) is 0 Å². The Hall–Kier alpha value is -0.900.